The second-order valence-electron chi connectivity index (χ2n) is 8.26. The first-order chi connectivity index (χ1) is 16.7. The van der Waals surface area contributed by atoms with Gasteiger partial charge in [0.2, 0.25) is 10.0 Å². The lowest BCUT2D eigenvalue weighted by atomic mass is 10.1. The van der Waals surface area contributed by atoms with E-state index in [-0.39, 0.29) is 27.1 Å². The first kappa shape index (κ1) is 25.5. The summed E-state index contributed by atoms with van der Waals surface area (Å²) in [4.78, 5) is 26.4. The van der Waals surface area contributed by atoms with Crippen molar-refractivity contribution in [1.29, 1.82) is 0 Å². The van der Waals surface area contributed by atoms with Crippen molar-refractivity contribution in [3.05, 3.63) is 81.1 Å². The molecule has 4 rings (SSSR count). The zero-order valence-corrected chi connectivity index (χ0v) is 21.8. The normalized spacial score (nSPS) is 15.1. The Hall–Kier alpha value is -2.57. The molecular weight excluding hydrogens is 554 g/mol. The monoisotopic (exact) mass is 577 g/mol. The van der Waals surface area contributed by atoms with Gasteiger partial charge in [0.05, 0.1) is 16.8 Å². The number of likely N-dealkylation sites (tertiary alicyclic amines) is 1. The van der Waals surface area contributed by atoms with Crippen LogP contribution in [0.4, 0.5) is 5.69 Å². The fourth-order valence-corrected chi connectivity index (χ4v) is 6.74. The van der Waals surface area contributed by atoms with Crippen LogP contribution in [0, 0.1) is 0 Å². The van der Waals surface area contributed by atoms with E-state index in [0.29, 0.717) is 17.3 Å². The van der Waals surface area contributed by atoms with Gasteiger partial charge in [-0.25, -0.2) is 17.9 Å². The van der Waals surface area contributed by atoms with Crippen LogP contribution in [0.25, 0.3) is 0 Å². The second kappa shape index (κ2) is 11.0. The van der Waals surface area contributed by atoms with Gasteiger partial charge in [-0.15, -0.1) is 11.3 Å². The lowest BCUT2D eigenvalue weighted by Gasteiger charge is -2.32. The molecule has 35 heavy (non-hydrogen) atoms. The van der Waals surface area contributed by atoms with Gasteiger partial charge < -0.3 is 10.4 Å². The van der Waals surface area contributed by atoms with E-state index in [4.69, 9.17) is 0 Å². The number of nitrogens with one attached hydrogen (secondary N) is 2. The van der Waals surface area contributed by atoms with Crippen LogP contribution in [-0.4, -0.2) is 49.4 Å². The molecule has 11 heteroatoms. The maximum atomic E-state index is 12.9. The van der Waals surface area contributed by atoms with Crippen LogP contribution in [0.3, 0.4) is 0 Å². The SMILES string of the molecule is O=C(Nc1ccc(Br)cc1C(=O)O)c1csc(S(=O)(=O)NC2CCN(Cc3ccccc3)CC2)c1. The molecule has 2 heterocycles. The topological polar surface area (TPSA) is 116 Å². The highest BCUT2D eigenvalue weighted by Gasteiger charge is 2.26. The molecule has 1 amide bonds. The van der Waals surface area contributed by atoms with Gasteiger partial charge in [0.15, 0.2) is 0 Å². The molecule has 0 aliphatic carbocycles. The standard InChI is InChI=1S/C24H24BrN3O5S2/c25-18-6-7-21(20(13-18)24(30)31)26-23(29)17-12-22(34-15-17)35(32,33)27-19-8-10-28(11-9-19)14-16-4-2-1-3-5-16/h1-7,12-13,15,19,27H,8-11,14H2,(H,26,29)(H,30,31). The van der Waals surface area contributed by atoms with Crippen LogP contribution in [0.5, 0.6) is 0 Å². The van der Waals surface area contributed by atoms with E-state index >= 15 is 0 Å². The van der Waals surface area contributed by atoms with Gasteiger partial charge in [0.1, 0.15) is 4.21 Å². The summed E-state index contributed by atoms with van der Waals surface area (Å²) in [6.45, 7) is 2.42. The highest BCUT2D eigenvalue weighted by Crippen LogP contribution is 2.25. The van der Waals surface area contributed by atoms with E-state index in [1.54, 1.807) is 6.07 Å². The lowest BCUT2D eigenvalue weighted by Crippen LogP contribution is -2.44. The summed E-state index contributed by atoms with van der Waals surface area (Å²) in [5.74, 6) is -1.77. The number of benzene rings is 2. The van der Waals surface area contributed by atoms with E-state index < -0.39 is 21.9 Å². The highest BCUT2D eigenvalue weighted by molar-refractivity contribution is 9.10. The maximum Gasteiger partial charge on any atom is 0.337 e. The van der Waals surface area contributed by atoms with Gasteiger partial charge in [0, 0.05) is 35.5 Å². The number of carbonyl (C=O) groups excluding carboxylic acids is 1. The molecule has 1 aliphatic heterocycles. The lowest BCUT2D eigenvalue weighted by molar-refractivity contribution is 0.0698. The predicted molar refractivity (Wildman–Crippen MR) is 138 cm³/mol. The van der Waals surface area contributed by atoms with Crippen molar-refractivity contribution < 1.29 is 23.1 Å². The molecule has 3 N–H and O–H groups in total. The Morgan fingerprint density at radius 3 is 2.49 bits per heavy atom. The van der Waals surface area contributed by atoms with Crippen molar-refractivity contribution in [3.63, 3.8) is 0 Å². The Morgan fingerprint density at radius 2 is 1.80 bits per heavy atom. The van der Waals surface area contributed by atoms with Crippen LogP contribution in [0.1, 0.15) is 39.1 Å². The van der Waals surface area contributed by atoms with Crippen molar-refractivity contribution in [2.45, 2.75) is 29.6 Å². The van der Waals surface area contributed by atoms with Gasteiger partial charge >= 0.3 is 5.97 Å². The van der Waals surface area contributed by atoms with E-state index in [1.807, 2.05) is 18.2 Å². The van der Waals surface area contributed by atoms with Crippen LogP contribution >= 0.6 is 27.3 Å². The number of sulfonamides is 1. The summed E-state index contributed by atoms with van der Waals surface area (Å²) < 4.78 is 29.2. The number of rotatable bonds is 8. The minimum absolute atomic E-state index is 0.0450. The molecule has 0 spiro atoms. The largest absolute Gasteiger partial charge is 0.478 e. The predicted octanol–water partition coefficient (Wildman–Crippen LogP) is 4.40. The molecule has 1 fully saturated rings. The Kier molecular flexibility index (Phi) is 8.02. The van der Waals surface area contributed by atoms with E-state index in [0.717, 1.165) is 31.0 Å². The number of anilines is 1. The number of piperidine rings is 1. The van der Waals surface area contributed by atoms with Gasteiger partial charge in [-0.05, 0) is 42.7 Å². The average molecular weight is 579 g/mol. The van der Waals surface area contributed by atoms with Crippen LogP contribution in [0.2, 0.25) is 0 Å². The first-order valence-electron chi connectivity index (χ1n) is 10.9. The minimum atomic E-state index is -3.78. The highest BCUT2D eigenvalue weighted by atomic mass is 79.9. The third-order valence-corrected chi connectivity index (χ3v) is 9.17. The van der Waals surface area contributed by atoms with Crippen LogP contribution in [-0.2, 0) is 16.6 Å². The van der Waals surface area contributed by atoms with E-state index in [9.17, 15) is 23.1 Å². The smallest absolute Gasteiger partial charge is 0.337 e. The van der Waals surface area contributed by atoms with Gasteiger partial charge in [-0.2, -0.15) is 0 Å². The summed E-state index contributed by atoms with van der Waals surface area (Å²) in [6, 6.07) is 15.8. The molecule has 0 bridgehead atoms. The summed E-state index contributed by atoms with van der Waals surface area (Å²) in [5.41, 5.74) is 1.43. The van der Waals surface area contributed by atoms with Crippen molar-refractivity contribution in [2.75, 3.05) is 18.4 Å². The number of hydrogen-bond acceptors (Lipinski definition) is 6. The molecule has 0 radical (unpaired) electrons. The maximum absolute atomic E-state index is 12.9. The van der Waals surface area contributed by atoms with Crippen molar-refractivity contribution in [3.8, 4) is 0 Å². The molecule has 1 saturated heterocycles. The van der Waals surface area contributed by atoms with Gasteiger partial charge in [-0.1, -0.05) is 46.3 Å². The number of amides is 1. The van der Waals surface area contributed by atoms with Crippen molar-refractivity contribution in [1.82, 2.24) is 9.62 Å². The van der Waals surface area contributed by atoms with E-state index in [1.165, 1.54) is 29.1 Å². The molecule has 0 saturated carbocycles. The first-order valence-corrected chi connectivity index (χ1v) is 14.1. The van der Waals surface area contributed by atoms with Crippen molar-refractivity contribution in [2.24, 2.45) is 0 Å². The zero-order chi connectivity index (χ0) is 25.0. The third-order valence-electron chi connectivity index (χ3n) is 5.72. The molecule has 3 aromatic rings. The fourth-order valence-electron chi connectivity index (χ4n) is 3.90. The molecule has 1 aliphatic rings. The van der Waals surface area contributed by atoms with E-state index in [2.05, 4.69) is 43.0 Å². The number of thiophene rings is 1. The molecule has 0 atom stereocenters. The molecular formula is C24H24BrN3O5S2. The summed E-state index contributed by atoms with van der Waals surface area (Å²) >= 11 is 4.16. The Balaban J connectivity index is 1.36. The Labute approximate surface area is 216 Å². The molecule has 8 nitrogen and oxygen atoms in total. The second-order valence-corrected chi connectivity index (χ2v) is 12.0. The molecule has 184 valence electrons. The number of nitrogens with zero attached hydrogens (tertiary/aromatic N) is 1. The molecule has 1 aromatic heterocycles. The fraction of sp³-hybridized carbons (Fsp3) is 0.250. The van der Waals surface area contributed by atoms with Gasteiger partial charge in [0.25, 0.3) is 5.91 Å². The summed E-state index contributed by atoms with van der Waals surface area (Å²) in [5, 5.41) is 13.4. The number of carboxylic acid groups (broad SMARTS) is 1. The molecule has 2 aromatic carbocycles. The number of aromatic carboxylic acids is 1. The third kappa shape index (κ3) is 6.56. The van der Waals surface area contributed by atoms with Gasteiger partial charge in [-0.3, -0.25) is 9.69 Å². The molecule has 0 unspecified atom stereocenters. The number of carboxylic acids is 1. The minimum Gasteiger partial charge on any atom is -0.478 e. The Bertz CT molecular complexity index is 1320. The summed E-state index contributed by atoms with van der Waals surface area (Å²) in [7, 11) is -3.78. The van der Waals surface area contributed by atoms with Crippen molar-refractivity contribution >= 4 is 54.9 Å². The quantitative estimate of drug-likeness (QED) is 0.365. The zero-order valence-electron chi connectivity index (χ0n) is 18.6. The van der Waals surface area contributed by atoms with Crippen LogP contribution < -0.4 is 10.0 Å². The number of hydrogen-bond donors (Lipinski definition) is 3. The average Bonchev–Trinajstić information content (AvgIpc) is 3.34. The van der Waals surface area contributed by atoms with Crippen LogP contribution in [0.15, 0.2) is 68.7 Å². The number of halogens is 1. The number of carbonyl (C=O) groups is 2. The Morgan fingerprint density at radius 1 is 1.09 bits per heavy atom. The summed E-state index contributed by atoms with van der Waals surface area (Å²) in [6.07, 6.45) is 1.40.